The molecule has 0 amide bonds. The lowest BCUT2D eigenvalue weighted by atomic mass is 10.1. The van der Waals surface area contributed by atoms with E-state index in [1.165, 1.54) is 16.9 Å². The molecule has 0 bridgehead atoms. The maximum atomic E-state index is 13.0. The largest absolute Gasteiger partial charge is 0.493 e. The van der Waals surface area contributed by atoms with Gasteiger partial charge in [0.25, 0.3) is 5.56 Å². The topological polar surface area (TPSA) is 52.8 Å². The lowest BCUT2D eigenvalue weighted by Gasteiger charge is -2.09. The second-order valence-corrected chi connectivity index (χ2v) is 7.42. The van der Waals surface area contributed by atoms with Crippen LogP contribution in [-0.4, -0.2) is 23.1 Å². The summed E-state index contributed by atoms with van der Waals surface area (Å²) in [6.45, 7) is 6.57. The van der Waals surface area contributed by atoms with E-state index in [4.69, 9.17) is 9.47 Å². The molecule has 0 aliphatic rings. The number of thiazole rings is 1. The number of imidazole rings is 1. The standard InChI is InChI=1S/C21H20N2O3S/c1-5-26-18-10-14(6-7-17(18)25-4)11-19-20(24)23-16-9-13(3)12(2)8-15(16)22-21(23)27-19/h6-11H,5H2,1-4H3. The van der Waals surface area contributed by atoms with Gasteiger partial charge in [-0.15, -0.1) is 0 Å². The third-order valence-corrected chi connectivity index (χ3v) is 5.61. The van der Waals surface area contributed by atoms with Gasteiger partial charge in [-0.1, -0.05) is 17.4 Å². The van der Waals surface area contributed by atoms with E-state index in [1.807, 2.05) is 50.3 Å². The molecule has 0 N–H and O–H groups in total. The Hall–Kier alpha value is -2.86. The van der Waals surface area contributed by atoms with Gasteiger partial charge in [0.15, 0.2) is 16.5 Å². The summed E-state index contributed by atoms with van der Waals surface area (Å²) in [5, 5.41) is 0. The molecule has 0 radical (unpaired) electrons. The number of ether oxygens (including phenoxy) is 2. The third kappa shape index (κ3) is 2.96. The van der Waals surface area contributed by atoms with Crippen molar-refractivity contribution in [1.29, 1.82) is 0 Å². The minimum Gasteiger partial charge on any atom is -0.493 e. The Labute approximate surface area is 160 Å². The Kier molecular flexibility index (Phi) is 4.36. The van der Waals surface area contributed by atoms with Gasteiger partial charge >= 0.3 is 0 Å². The quantitative estimate of drug-likeness (QED) is 0.544. The SMILES string of the molecule is CCOc1cc(C=c2sc3nc4cc(C)c(C)cc4n3c2=O)ccc1OC. The molecule has 2 aromatic heterocycles. The molecule has 0 fully saturated rings. The van der Waals surface area contributed by atoms with Crippen molar-refractivity contribution in [3.05, 3.63) is 61.9 Å². The molecule has 4 rings (SSSR count). The average Bonchev–Trinajstić information content (AvgIpc) is 3.13. The fraction of sp³-hybridized carbons (Fsp3) is 0.238. The predicted molar refractivity (Wildman–Crippen MR) is 109 cm³/mol. The Morgan fingerprint density at radius 2 is 1.93 bits per heavy atom. The maximum Gasteiger partial charge on any atom is 0.274 e. The fourth-order valence-corrected chi connectivity index (χ4v) is 4.11. The number of aryl methyl sites for hydroxylation is 2. The van der Waals surface area contributed by atoms with E-state index in [1.54, 1.807) is 11.5 Å². The molecule has 0 aliphatic carbocycles. The first-order valence-electron chi connectivity index (χ1n) is 8.76. The van der Waals surface area contributed by atoms with Crippen LogP contribution < -0.4 is 19.6 Å². The molecule has 0 saturated heterocycles. The zero-order valence-electron chi connectivity index (χ0n) is 15.7. The molecular formula is C21H20N2O3S. The van der Waals surface area contributed by atoms with Gasteiger partial charge in [0.2, 0.25) is 0 Å². The summed E-state index contributed by atoms with van der Waals surface area (Å²) in [5.74, 6) is 1.34. The number of aromatic nitrogens is 2. The van der Waals surface area contributed by atoms with E-state index < -0.39 is 0 Å². The van der Waals surface area contributed by atoms with Gasteiger partial charge in [0.1, 0.15) is 0 Å². The Morgan fingerprint density at radius 3 is 2.67 bits per heavy atom. The maximum absolute atomic E-state index is 13.0. The van der Waals surface area contributed by atoms with Crippen LogP contribution in [0.4, 0.5) is 0 Å². The van der Waals surface area contributed by atoms with Gasteiger partial charge in [-0.25, -0.2) is 9.38 Å². The van der Waals surface area contributed by atoms with Gasteiger partial charge in [0, 0.05) is 0 Å². The minimum atomic E-state index is -0.0467. The van der Waals surface area contributed by atoms with E-state index in [9.17, 15) is 4.79 Å². The molecule has 0 spiro atoms. The first-order chi connectivity index (χ1) is 13.0. The smallest absolute Gasteiger partial charge is 0.274 e. The van der Waals surface area contributed by atoms with Crippen molar-refractivity contribution in [2.75, 3.05) is 13.7 Å². The molecule has 5 nitrogen and oxygen atoms in total. The molecule has 6 heteroatoms. The van der Waals surface area contributed by atoms with Crippen molar-refractivity contribution in [2.24, 2.45) is 0 Å². The molecule has 4 aromatic rings. The van der Waals surface area contributed by atoms with Gasteiger partial charge in [-0.3, -0.25) is 4.79 Å². The molecule has 0 saturated carbocycles. The van der Waals surface area contributed by atoms with Crippen LogP contribution >= 0.6 is 11.3 Å². The third-order valence-electron chi connectivity index (χ3n) is 4.64. The summed E-state index contributed by atoms with van der Waals surface area (Å²) >= 11 is 1.40. The molecule has 27 heavy (non-hydrogen) atoms. The zero-order chi connectivity index (χ0) is 19.1. The second kappa shape index (κ2) is 6.70. The highest BCUT2D eigenvalue weighted by atomic mass is 32.1. The van der Waals surface area contributed by atoms with E-state index in [0.29, 0.717) is 27.6 Å². The summed E-state index contributed by atoms with van der Waals surface area (Å²) in [4.78, 5) is 18.3. The van der Waals surface area contributed by atoms with Crippen molar-refractivity contribution in [1.82, 2.24) is 9.38 Å². The van der Waals surface area contributed by atoms with Gasteiger partial charge in [-0.05, 0) is 67.8 Å². The Balaban J connectivity index is 1.89. The summed E-state index contributed by atoms with van der Waals surface area (Å²) in [6.07, 6.45) is 1.87. The summed E-state index contributed by atoms with van der Waals surface area (Å²) < 4.78 is 13.3. The highest BCUT2D eigenvalue weighted by molar-refractivity contribution is 7.15. The number of fused-ring (bicyclic) bond motifs is 3. The molecule has 2 heterocycles. The van der Waals surface area contributed by atoms with E-state index in [-0.39, 0.29) is 5.56 Å². The molecular weight excluding hydrogens is 360 g/mol. The van der Waals surface area contributed by atoms with Gasteiger partial charge in [-0.2, -0.15) is 0 Å². The lowest BCUT2D eigenvalue weighted by molar-refractivity contribution is 0.311. The van der Waals surface area contributed by atoms with E-state index >= 15 is 0 Å². The Morgan fingerprint density at radius 1 is 1.15 bits per heavy atom. The lowest BCUT2D eigenvalue weighted by Crippen LogP contribution is -2.22. The average molecular weight is 380 g/mol. The van der Waals surface area contributed by atoms with Crippen molar-refractivity contribution < 1.29 is 9.47 Å². The van der Waals surface area contributed by atoms with Gasteiger partial charge < -0.3 is 9.47 Å². The van der Waals surface area contributed by atoms with Crippen molar-refractivity contribution >= 4 is 33.4 Å². The minimum absolute atomic E-state index is 0.0467. The summed E-state index contributed by atoms with van der Waals surface area (Å²) in [6, 6.07) is 9.71. The number of hydrogen-bond acceptors (Lipinski definition) is 5. The van der Waals surface area contributed by atoms with E-state index in [0.717, 1.165) is 22.2 Å². The van der Waals surface area contributed by atoms with Crippen LogP contribution in [0.2, 0.25) is 0 Å². The second-order valence-electron chi connectivity index (χ2n) is 6.41. The Bertz CT molecular complexity index is 1270. The zero-order valence-corrected chi connectivity index (χ0v) is 16.5. The normalized spacial score (nSPS) is 12.2. The number of benzene rings is 2. The number of rotatable bonds is 4. The van der Waals surface area contributed by atoms with Crippen molar-refractivity contribution in [3.63, 3.8) is 0 Å². The number of methoxy groups -OCH3 is 1. The van der Waals surface area contributed by atoms with Crippen molar-refractivity contribution in [3.8, 4) is 11.5 Å². The van der Waals surface area contributed by atoms with Crippen LogP contribution in [0.1, 0.15) is 23.6 Å². The highest BCUT2D eigenvalue weighted by Gasteiger charge is 2.12. The van der Waals surface area contributed by atoms with Crippen LogP contribution in [0.3, 0.4) is 0 Å². The highest BCUT2D eigenvalue weighted by Crippen LogP contribution is 2.28. The predicted octanol–water partition coefficient (Wildman–Crippen LogP) is 3.48. The molecule has 0 atom stereocenters. The molecule has 2 aromatic carbocycles. The van der Waals surface area contributed by atoms with Crippen LogP contribution in [-0.2, 0) is 0 Å². The number of hydrogen-bond donors (Lipinski definition) is 0. The van der Waals surface area contributed by atoms with Crippen LogP contribution in [0.15, 0.2) is 35.1 Å². The van der Waals surface area contributed by atoms with Crippen molar-refractivity contribution in [2.45, 2.75) is 20.8 Å². The van der Waals surface area contributed by atoms with Gasteiger partial charge in [0.05, 0.1) is 29.3 Å². The monoisotopic (exact) mass is 380 g/mol. The fourth-order valence-electron chi connectivity index (χ4n) is 3.12. The molecule has 138 valence electrons. The first-order valence-corrected chi connectivity index (χ1v) is 9.58. The van der Waals surface area contributed by atoms with Crippen LogP contribution in [0, 0.1) is 13.8 Å². The van der Waals surface area contributed by atoms with Crippen LogP contribution in [0.25, 0.3) is 22.1 Å². The first kappa shape index (κ1) is 17.5. The van der Waals surface area contributed by atoms with E-state index in [2.05, 4.69) is 11.9 Å². The molecule has 0 aliphatic heterocycles. The summed E-state index contributed by atoms with van der Waals surface area (Å²) in [7, 11) is 1.61. The number of nitrogens with zero attached hydrogens (tertiary/aromatic N) is 2. The summed E-state index contributed by atoms with van der Waals surface area (Å²) in [5.41, 5.74) is 4.88. The van der Waals surface area contributed by atoms with Crippen LogP contribution in [0.5, 0.6) is 11.5 Å². The molecule has 0 unspecified atom stereocenters.